The standard InChI is InChI=1S/C12H8Cl2N2O4/c13-5-1-2-6(14)10-9(5)7(3-15)16(11(10)18)8(4-17)12(19)20/h1-2,7-8,17H,4H2,(H,19,20). The van der Waals surface area contributed by atoms with E-state index in [2.05, 4.69) is 0 Å². The predicted octanol–water partition coefficient (Wildman–Crippen LogP) is 1.46. The molecular formula is C12H8Cl2N2O4. The summed E-state index contributed by atoms with van der Waals surface area (Å²) >= 11 is 11.9. The lowest BCUT2D eigenvalue weighted by atomic mass is 10.1. The number of carbonyl (C=O) groups excluding carboxylic acids is 1. The Morgan fingerprint density at radius 2 is 2.05 bits per heavy atom. The molecule has 1 heterocycles. The molecular weight excluding hydrogens is 307 g/mol. The Balaban J connectivity index is 2.64. The number of carbonyl (C=O) groups is 2. The molecule has 0 spiro atoms. The summed E-state index contributed by atoms with van der Waals surface area (Å²) in [5.74, 6) is -2.15. The number of fused-ring (bicyclic) bond motifs is 1. The Bertz CT molecular complexity index is 641. The second-order valence-electron chi connectivity index (χ2n) is 4.10. The fraction of sp³-hybridized carbons (Fsp3) is 0.250. The highest BCUT2D eigenvalue weighted by Crippen LogP contribution is 2.42. The van der Waals surface area contributed by atoms with Crippen molar-refractivity contribution in [3.8, 4) is 6.07 Å². The first kappa shape index (κ1) is 14.6. The van der Waals surface area contributed by atoms with Crippen molar-refractivity contribution in [1.82, 2.24) is 4.90 Å². The van der Waals surface area contributed by atoms with Crippen LogP contribution in [0, 0.1) is 11.3 Å². The van der Waals surface area contributed by atoms with E-state index < -0.39 is 30.6 Å². The van der Waals surface area contributed by atoms with Crippen molar-refractivity contribution < 1.29 is 19.8 Å². The van der Waals surface area contributed by atoms with Crippen molar-refractivity contribution in [1.29, 1.82) is 5.26 Å². The van der Waals surface area contributed by atoms with Gasteiger partial charge in [0.2, 0.25) is 0 Å². The van der Waals surface area contributed by atoms with Crippen molar-refractivity contribution in [3.05, 3.63) is 33.3 Å². The van der Waals surface area contributed by atoms with Crippen LogP contribution in [0.15, 0.2) is 12.1 Å². The van der Waals surface area contributed by atoms with Crippen LogP contribution >= 0.6 is 23.2 Å². The Hall–Kier alpha value is -1.81. The summed E-state index contributed by atoms with van der Waals surface area (Å²) in [7, 11) is 0. The van der Waals surface area contributed by atoms with Crippen LogP contribution in [0.4, 0.5) is 0 Å². The van der Waals surface area contributed by atoms with E-state index in [0.717, 1.165) is 4.90 Å². The molecule has 8 heteroatoms. The lowest BCUT2D eigenvalue weighted by Gasteiger charge is -2.25. The molecule has 1 amide bonds. The highest BCUT2D eigenvalue weighted by Gasteiger charge is 2.45. The highest BCUT2D eigenvalue weighted by molar-refractivity contribution is 6.37. The Kier molecular flexibility index (Phi) is 3.86. The van der Waals surface area contributed by atoms with Crippen LogP contribution in [-0.4, -0.2) is 39.6 Å². The van der Waals surface area contributed by atoms with Crippen molar-refractivity contribution in [2.75, 3.05) is 6.61 Å². The summed E-state index contributed by atoms with van der Waals surface area (Å²) in [4.78, 5) is 24.2. The molecule has 1 aliphatic rings. The van der Waals surface area contributed by atoms with Gasteiger partial charge in [-0.2, -0.15) is 5.26 Å². The first-order valence-corrected chi connectivity index (χ1v) is 6.23. The van der Waals surface area contributed by atoms with E-state index >= 15 is 0 Å². The number of nitrogens with zero attached hydrogens (tertiary/aromatic N) is 2. The predicted molar refractivity (Wildman–Crippen MR) is 69.5 cm³/mol. The van der Waals surface area contributed by atoms with E-state index in [1.165, 1.54) is 12.1 Å². The minimum atomic E-state index is -1.54. The van der Waals surface area contributed by atoms with E-state index in [1.807, 2.05) is 6.07 Å². The Morgan fingerprint density at radius 3 is 2.55 bits per heavy atom. The zero-order valence-corrected chi connectivity index (χ0v) is 11.4. The SMILES string of the molecule is N#CC1c2c(Cl)ccc(Cl)c2C(=O)N1C(CO)C(=O)O. The normalized spacial score (nSPS) is 18.6. The molecule has 1 aromatic rings. The number of carboxylic acids is 1. The van der Waals surface area contributed by atoms with Gasteiger partial charge < -0.3 is 15.1 Å². The molecule has 6 nitrogen and oxygen atoms in total. The average Bonchev–Trinajstić information content (AvgIpc) is 2.69. The minimum absolute atomic E-state index is 0.00502. The number of carboxylic acid groups (broad SMARTS) is 1. The molecule has 1 aromatic carbocycles. The number of amides is 1. The summed E-state index contributed by atoms with van der Waals surface area (Å²) in [5, 5.41) is 27.7. The van der Waals surface area contributed by atoms with E-state index in [4.69, 9.17) is 33.4 Å². The molecule has 0 fully saturated rings. The van der Waals surface area contributed by atoms with Crippen molar-refractivity contribution >= 4 is 35.1 Å². The molecule has 0 bridgehead atoms. The maximum absolute atomic E-state index is 12.3. The number of nitriles is 1. The van der Waals surface area contributed by atoms with Gasteiger partial charge in [-0.3, -0.25) is 4.79 Å². The van der Waals surface area contributed by atoms with Crippen molar-refractivity contribution in [2.24, 2.45) is 0 Å². The highest BCUT2D eigenvalue weighted by atomic mass is 35.5. The molecule has 2 unspecified atom stereocenters. The molecule has 0 saturated carbocycles. The topological polar surface area (TPSA) is 102 Å². The van der Waals surface area contributed by atoms with Crippen LogP contribution in [0.2, 0.25) is 10.0 Å². The van der Waals surface area contributed by atoms with Gasteiger partial charge in [-0.05, 0) is 12.1 Å². The summed E-state index contributed by atoms with van der Waals surface area (Å²) in [5.41, 5.74) is 0.178. The van der Waals surface area contributed by atoms with Crippen molar-refractivity contribution in [3.63, 3.8) is 0 Å². The fourth-order valence-electron chi connectivity index (χ4n) is 2.17. The maximum Gasteiger partial charge on any atom is 0.328 e. The molecule has 2 atom stereocenters. The number of rotatable bonds is 3. The summed E-state index contributed by atoms with van der Waals surface area (Å²) in [6, 6.07) is 1.92. The van der Waals surface area contributed by atoms with Crippen molar-refractivity contribution in [2.45, 2.75) is 12.1 Å². The van der Waals surface area contributed by atoms with Gasteiger partial charge in [0.25, 0.3) is 5.91 Å². The molecule has 0 radical (unpaired) electrons. The second kappa shape index (κ2) is 5.29. The zero-order chi connectivity index (χ0) is 15.0. The lowest BCUT2D eigenvalue weighted by Crippen LogP contribution is -2.45. The number of hydrogen-bond donors (Lipinski definition) is 2. The number of benzene rings is 1. The molecule has 2 N–H and O–H groups in total. The van der Waals surface area contributed by atoms with Gasteiger partial charge >= 0.3 is 5.97 Å². The van der Waals surface area contributed by atoms with Crippen LogP contribution in [-0.2, 0) is 4.79 Å². The van der Waals surface area contributed by atoms with E-state index in [-0.39, 0.29) is 21.2 Å². The fourth-order valence-corrected chi connectivity index (χ4v) is 2.68. The van der Waals surface area contributed by atoms with Crippen LogP contribution < -0.4 is 0 Å². The summed E-state index contributed by atoms with van der Waals surface area (Å²) in [6.45, 7) is -0.817. The van der Waals surface area contributed by atoms with Gasteiger partial charge in [-0.1, -0.05) is 23.2 Å². The number of halogens is 2. The van der Waals surface area contributed by atoms with Crippen LogP contribution in [0.25, 0.3) is 0 Å². The Morgan fingerprint density at radius 1 is 1.45 bits per heavy atom. The smallest absolute Gasteiger partial charge is 0.328 e. The third-order valence-corrected chi connectivity index (χ3v) is 3.70. The quantitative estimate of drug-likeness (QED) is 0.879. The molecule has 0 aliphatic carbocycles. The average molecular weight is 315 g/mol. The van der Waals surface area contributed by atoms with Crippen LogP contribution in [0.3, 0.4) is 0 Å². The molecule has 0 saturated heterocycles. The summed E-state index contributed by atoms with van der Waals surface area (Å²) in [6.07, 6.45) is 0. The van der Waals surface area contributed by atoms with E-state index in [9.17, 15) is 14.9 Å². The lowest BCUT2D eigenvalue weighted by molar-refractivity contribution is -0.144. The summed E-state index contributed by atoms with van der Waals surface area (Å²) < 4.78 is 0. The third kappa shape index (κ3) is 2.00. The van der Waals surface area contributed by atoms with E-state index in [0.29, 0.717) is 0 Å². The molecule has 20 heavy (non-hydrogen) atoms. The molecule has 2 rings (SSSR count). The van der Waals surface area contributed by atoms with Gasteiger partial charge in [0, 0.05) is 10.6 Å². The van der Waals surface area contributed by atoms with E-state index in [1.54, 1.807) is 0 Å². The zero-order valence-electron chi connectivity index (χ0n) is 9.88. The van der Waals surface area contributed by atoms with Gasteiger partial charge in [0.05, 0.1) is 23.3 Å². The molecule has 1 aliphatic heterocycles. The molecule has 104 valence electrons. The van der Waals surface area contributed by atoms with Gasteiger partial charge in [-0.15, -0.1) is 0 Å². The third-order valence-electron chi connectivity index (χ3n) is 3.06. The van der Waals surface area contributed by atoms with Gasteiger partial charge in [0.1, 0.15) is 6.04 Å². The largest absolute Gasteiger partial charge is 0.480 e. The maximum atomic E-state index is 12.3. The number of aliphatic hydroxyl groups excluding tert-OH is 1. The minimum Gasteiger partial charge on any atom is -0.480 e. The number of aliphatic hydroxyl groups is 1. The first-order valence-electron chi connectivity index (χ1n) is 5.47. The second-order valence-corrected chi connectivity index (χ2v) is 4.91. The number of hydrogen-bond acceptors (Lipinski definition) is 4. The van der Waals surface area contributed by atoms with Crippen LogP contribution in [0.5, 0.6) is 0 Å². The van der Waals surface area contributed by atoms with Crippen LogP contribution in [0.1, 0.15) is 22.0 Å². The Labute approximate surface area is 123 Å². The monoisotopic (exact) mass is 314 g/mol. The first-order chi connectivity index (χ1) is 9.43. The number of aliphatic carboxylic acids is 1. The molecule has 0 aromatic heterocycles. The van der Waals surface area contributed by atoms with Gasteiger partial charge in [-0.25, -0.2) is 4.79 Å². The van der Waals surface area contributed by atoms with Gasteiger partial charge in [0.15, 0.2) is 6.04 Å².